The lowest BCUT2D eigenvalue weighted by molar-refractivity contribution is 0.101. The van der Waals surface area contributed by atoms with Crippen LogP contribution in [0, 0.1) is 6.92 Å². The molecule has 1 N–H and O–H groups in total. The molecule has 0 aliphatic rings. The molecule has 2 rings (SSSR count). The molecule has 0 aromatic carbocycles. The number of carbonyl (C=O) groups is 1. The van der Waals surface area contributed by atoms with Gasteiger partial charge in [0.05, 0.1) is 5.02 Å². The summed E-state index contributed by atoms with van der Waals surface area (Å²) in [6.07, 6.45) is 1.50. The number of aryl methyl sites for hydroxylation is 1. The van der Waals surface area contributed by atoms with E-state index in [4.69, 9.17) is 24.6 Å². The van der Waals surface area contributed by atoms with Crippen LogP contribution in [-0.4, -0.2) is 21.0 Å². The minimum atomic E-state index is -0.807. The molecule has 5 nitrogen and oxygen atoms in total. The predicted octanol–water partition coefficient (Wildman–Crippen LogP) is 2.65. The van der Waals surface area contributed by atoms with Crippen LogP contribution in [0.1, 0.15) is 23.0 Å². The Morgan fingerprint density at radius 2 is 2.11 bits per heavy atom. The molecule has 0 saturated carbocycles. The number of hydrogen-bond donors (Lipinski definition) is 1. The predicted molar refractivity (Wildman–Crippen MR) is 72.9 cm³/mol. The Bertz CT molecular complexity index is 774. The highest BCUT2D eigenvalue weighted by Gasteiger charge is 2.15. The number of Topliss-reactive ketones (excluding diaryl/α,β-unsaturated/α-hetero) is 1. The van der Waals surface area contributed by atoms with Crippen LogP contribution in [0.15, 0.2) is 17.1 Å². The van der Waals surface area contributed by atoms with E-state index in [0.29, 0.717) is 16.2 Å². The summed E-state index contributed by atoms with van der Waals surface area (Å²) in [5.41, 5.74) is 0.784. The maximum Gasteiger partial charge on any atom is 0.284 e. The van der Waals surface area contributed by atoms with Gasteiger partial charge in [0, 0.05) is 18.7 Å². The Labute approximate surface area is 120 Å². The van der Waals surface area contributed by atoms with Crippen molar-refractivity contribution in [2.75, 3.05) is 0 Å². The SMILES string of the molecule is [2H]n1nc(-c2cc(C(C)=O)ncc2C)c(Cl)c(Cl)c1=O. The molecule has 98 valence electrons. The van der Waals surface area contributed by atoms with Crippen LogP contribution in [0.3, 0.4) is 0 Å². The lowest BCUT2D eigenvalue weighted by Gasteiger charge is -2.08. The van der Waals surface area contributed by atoms with Crippen LogP contribution in [0.25, 0.3) is 11.3 Å². The normalized spacial score (nSPS) is 11.3. The molecule has 2 heterocycles. The van der Waals surface area contributed by atoms with Gasteiger partial charge in [-0.3, -0.25) is 14.6 Å². The van der Waals surface area contributed by atoms with Crippen molar-refractivity contribution in [2.24, 2.45) is 0 Å². The zero-order valence-electron chi connectivity index (χ0n) is 11.1. The molecule has 7 heteroatoms. The molecule has 2 aromatic rings. The number of hydrogen-bond acceptors (Lipinski definition) is 4. The first-order valence-corrected chi connectivity index (χ1v) is 6.04. The fourth-order valence-corrected chi connectivity index (χ4v) is 1.87. The van der Waals surface area contributed by atoms with Gasteiger partial charge in [0.25, 0.3) is 5.56 Å². The van der Waals surface area contributed by atoms with E-state index in [9.17, 15) is 9.59 Å². The van der Waals surface area contributed by atoms with Gasteiger partial charge in [-0.15, -0.1) is 0 Å². The van der Waals surface area contributed by atoms with Crippen LogP contribution in [-0.2, 0) is 0 Å². The first-order chi connectivity index (χ1) is 9.32. The highest BCUT2D eigenvalue weighted by Crippen LogP contribution is 2.31. The topological polar surface area (TPSA) is 75.7 Å². The number of pyridine rings is 1. The number of rotatable bonds is 2. The second-order valence-corrected chi connectivity index (χ2v) is 4.68. The Morgan fingerprint density at radius 3 is 2.74 bits per heavy atom. The maximum atomic E-state index is 11.5. The number of aromatic nitrogens is 3. The summed E-state index contributed by atoms with van der Waals surface area (Å²) in [6.45, 7) is 3.13. The molecule has 0 atom stereocenters. The fraction of sp³-hybridized carbons (Fsp3) is 0.167. The van der Waals surface area contributed by atoms with Crippen LogP contribution in [0.5, 0.6) is 0 Å². The van der Waals surface area contributed by atoms with E-state index in [0.717, 1.165) is 0 Å². The van der Waals surface area contributed by atoms with Gasteiger partial charge in [-0.25, -0.2) is 5.09 Å². The summed E-state index contributed by atoms with van der Waals surface area (Å²) in [5, 5.41) is 3.80. The molecule has 0 aliphatic carbocycles. The quantitative estimate of drug-likeness (QED) is 0.865. The standard InChI is InChI=1S/C12H9Cl2N3O2/c1-5-4-15-8(6(2)18)3-7(5)11-9(13)10(14)12(19)17-16-11/h3-4H,1-2H3,(H,17,19)/i/hD. The summed E-state index contributed by atoms with van der Waals surface area (Å²) >= 11 is 11.8. The van der Waals surface area contributed by atoms with Crippen molar-refractivity contribution in [3.63, 3.8) is 0 Å². The van der Waals surface area contributed by atoms with E-state index < -0.39 is 5.56 Å². The molecule has 0 aliphatic heterocycles. The van der Waals surface area contributed by atoms with Crippen molar-refractivity contribution >= 4 is 29.0 Å². The van der Waals surface area contributed by atoms with E-state index in [1.807, 2.05) is 0 Å². The van der Waals surface area contributed by atoms with Crippen molar-refractivity contribution in [1.82, 2.24) is 15.2 Å². The summed E-state index contributed by atoms with van der Waals surface area (Å²) in [4.78, 5) is 26.8. The third kappa shape index (κ3) is 2.52. The van der Waals surface area contributed by atoms with Gasteiger partial charge in [0.1, 0.15) is 16.4 Å². The first kappa shape index (κ1) is 12.3. The molecule has 0 amide bonds. The number of nitrogens with one attached hydrogen (secondary N) is 1. The van der Waals surface area contributed by atoms with Crippen molar-refractivity contribution in [2.45, 2.75) is 13.8 Å². The first-order valence-electron chi connectivity index (χ1n) is 5.73. The minimum Gasteiger partial charge on any atom is -0.293 e. The molecular weight excluding hydrogens is 289 g/mol. The molecule has 0 spiro atoms. The van der Waals surface area contributed by atoms with Crippen molar-refractivity contribution in [3.8, 4) is 11.3 Å². The van der Waals surface area contributed by atoms with Crippen LogP contribution >= 0.6 is 23.2 Å². The molecule has 0 fully saturated rings. The molecular formula is C12H9Cl2N3O2. The molecule has 0 saturated heterocycles. The number of nitrogens with zero attached hydrogens (tertiary/aromatic N) is 2. The Balaban J connectivity index is 2.78. The van der Waals surface area contributed by atoms with Gasteiger partial charge in [-0.05, 0) is 18.6 Å². The van der Waals surface area contributed by atoms with Gasteiger partial charge in [-0.2, -0.15) is 5.10 Å². The van der Waals surface area contributed by atoms with Gasteiger partial charge >= 0.3 is 0 Å². The second-order valence-electron chi connectivity index (χ2n) is 3.92. The average Bonchev–Trinajstić information content (AvgIpc) is 2.41. The summed E-state index contributed by atoms with van der Waals surface area (Å²) in [7, 11) is 0. The van der Waals surface area contributed by atoms with Crippen LogP contribution in [0.4, 0.5) is 0 Å². The van der Waals surface area contributed by atoms with Crippen molar-refractivity contribution < 1.29 is 6.21 Å². The van der Waals surface area contributed by atoms with E-state index in [-0.39, 0.29) is 27.2 Å². The molecule has 0 bridgehead atoms. The molecule has 2 aromatic heterocycles. The monoisotopic (exact) mass is 298 g/mol. The Hall–Kier alpha value is -1.72. The summed E-state index contributed by atoms with van der Waals surface area (Å²) in [6, 6.07) is 1.51. The lowest BCUT2D eigenvalue weighted by atomic mass is 10.1. The Kier molecular flexibility index (Phi) is 3.31. The number of carbonyl (C=O) groups excluding carboxylic acids is 1. The maximum absolute atomic E-state index is 11.5. The van der Waals surface area contributed by atoms with E-state index in [1.165, 1.54) is 19.2 Å². The summed E-state index contributed by atoms with van der Waals surface area (Å²) in [5.74, 6) is -0.215. The third-order valence-electron chi connectivity index (χ3n) is 2.55. The summed E-state index contributed by atoms with van der Waals surface area (Å²) < 4.78 is 7.42. The fourth-order valence-electron chi connectivity index (χ4n) is 1.52. The highest BCUT2D eigenvalue weighted by molar-refractivity contribution is 6.43. The lowest BCUT2D eigenvalue weighted by Crippen LogP contribution is -2.10. The highest BCUT2D eigenvalue weighted by atomic mass is 35.5. The number of aromatic amines is 1. The molecule has 19 heavy (non-hydrogen) atoms. The van der Waals surface area contributed by atoms with Gasteiger partial charge in [0.2, 0.25) is 0 Å². The molecule has 0 radical (unpaired) electrons. The van der Waals surface area contributed by atoms with E-state index in [1.54, 1.807) is 6.92 Å². The van der Waals surface area contributed by atoms with Crippen molar-refractivity contribution in [1.29, 1.82) is 0 Å². The van der Waals surface area contributed by atoms with Gasteiger partial charge < -0.3 is 0 Å². The van der Waals surface area contributed by atoms with Crippen LogP contribution in [0.2, 0.25) is 11.5 Å². The van der Waals surface area contributed by atoms with Gasteiger partial charge in [0.15, 0.2) is 7.20 Å². The number of H-pyrrole nitrogens is 1. The average molecular weight is 299 g/mol. The zero-order valence-corrected chi connectivity index (χ0v) is 11.6. The van der Waals surface area contributed by atoms with E-state index in [2.05, 4.69) is 10.1 Å². The smallest absolute Gasteiger partial charge is 0.284 e. The number of halogens is 2. The third-order valence-corrected chi connectivity index (χ3v) is 3.36. The second kappa shape index (κ2) is 5.11. The number of ketones is 1. The Morgan fingerprint density at radius 1 is 1.42 bits per heavy atom. The zero-order chi connectivity index (χ0) is 15.0. The van der Waals surface area contributed by atoms with E-state index >= 15 is 0 Å². The largest absolute Gasteiger partial charge is 0.293 e. The minimum absolute atomic E-state index is 0.0519. The molecule has 0 unspecified atom stereocenters. The van der Waals surface area contributed by atoms with Crippen molar-refractivity contribution in [3.05, 3.63) is 43.9 Å². The van der Waals surface area contributed by atoms with Crippen LogP contribution < -0.4 is 5.56 Å². The van der Waals surface area contributed by atoms with Gasteiger partial charge in [-0.1, -0.05) is 23.2 Å².